The zero-order valence-corrected chi connectivity index (χ0v) is 21.7. The predicted octanol–water partition coefficient (Wildman–Crippen LogP) is 7.23. The third-order valence-corrected chi connectivity index (χ3v) is 6.26. The molecule has 35 heavy (non-hydrogen) atoms. The van der Waals surface area contributed by atoms with Gasteiger partial charge in [-0.05, 0) is 48.7 Å². The fraction of sp³-hybridized carbons (Fsp3) is 0.333. The largest absolute Gasteiger partial charge is 0.485 e. The highest BCUT2D eigenvalue weighted by Gasteiger charge is 2.33. The number of nitrogens with zero attached hydrogens (tertiary/aromatic N) is 3. The molecule has 2 atom stereocenters. The number of hydrogen-bond donors (Lipinski definition) is 0. The van der Waals surface area contributed by atoms with E-state index in [1.807, 2.05) is 19.1 Å². The summed E-state index contributed by atoms with van der Waals surface area (Å²) in [5.74, 6) is -0.524. The third-order valence-electron chi connectivity index (χ3n) is 5.45. The molecule has 0 saturated carbocycles. The first kappa shape index (κ1) is 27.2. The van der Waals surface area contributed by atoms with Gasteiger partial charge in [0.05, 0.1) is 28.8 Å². The average Bonchev–Trinajstić information content (AvgIpc) is 3.21. The van der Waals surface area contributed by atoms with E-state index >= 15 is 0 Å². The van der Waals surface area contributed by atoms with Crippen LogP contribution in [0.25, 0.3) is 11.1 Å². The van der Waals surface area contributed by atoms with Crippen molar-refractivity contribution in [2.24, 2.45) is 7.05 Å². The first-order valence-corrected chi connectivity index (χ1v) is 11.8. The van der Waals surface area contributed by atoms with Gasteiger partial charge in [-0.15, -0.1) is 0 Å². The Bertz CT molecular complexity index is 1170. The molecule has 11 heteroatoms. The molecule has 0 aliphatic heterocycles. The van der Waals surface area contributed by atoms with Crippen LogP contribution in [0.1, 0.15) is 42.7 Å². The second-order valence-corrected chi connectivity index (χ2v) is 9.05. The van der Waals surface area contributed by atoms with Crippen molar-refractivity contribution in [2.45, 2.75) is 38.8 Å². The van der Waals surface area contributed by atoms with Gasteiger partial charge in [0.15, 0.2) is 5.75 Å². The van der Waals surface area contributed by atoms with Crippen molar-refractivity contribution in [3.8, 4) is 16.9 Å². The lowest BCUT2D eigenvalue weighted by atomic mass is 10.1. The van der Waals surface area contributed by atoms with E-state index in [0.29, 0.717) is 11.4 Å². The van der Waals surface area contributed by atoms with Gasteiger partial charge in [0.25, 0.3) is 12.3 Å². The van der Waals surface area contributed by atoms with Crippen LogP contribution >= 0.6 is 34.8 Å². The number of amides is 1. The monoisotopic (exact) mass is 545 g/mol. The summed E-state index contributed by atoms with van der Waals surface area (Å²) < 4.78 is 34.1. The van der Waals surface area contributed by atoms with Crippen LogP contribution in [0, 0.1) is 0 Å². The van der Waals surface area contributed by atoms with E-state index in [1.165, 1.54) is 20.4 Å². The molecular formula is C24H24Cl3F2N3O3. The number of benzene rings is 2. The van der Waals surface area contributed by atoms with Gasteiger partial charge in [-0.25, -0.2) is 13.8 Å². The molecule has 0 fully saturated rings. The Balaban J connectivity index is 1.86. The maximum atomic E-state index is 13.4. The van der Waals surface area contributed by atoms with Crippen LogP contribution in [0.5, 0.6) is 5.75 Å². The van der Waals surface area contributed by atoms with Crippen LogP contribution < -0.4 is 4.74 Å². The highest BCUT2D eigenvalue weighted by Crippen LogP contribution is 2.39. The molecule has 0 bridgehead atoms. The van der Waals surface area contributed by atoms with E-state index < -0.39 is 30.2 Å². The Morgan fingerprint density at radius 3 is 2.23 bits per heavy atom. The first-order valence-electron chi connectivity index (χ1n) is 10.7. The molecule has 1 aromatic heterocycles. The Morgan fingerprint density at radius 2 is 1.71 bits per heavy atom. The van der Waals surface area contributed by atoms with Crippen LogP contribution in [-0.4, -0.2) is 40.0 Å². The Labute approximate surface area is 217 Å². The van der Waals surface area contributed by atoms with Crippen molar-refractivity contribution in [1.82, 2.24) is 14.8 Å². The van der Waals surface area contributed by atoms with E-state index in [-0.39, 0.29) is 21.4 Å². The van der Waals surface area contributed by atoms with E-state index in [0.717, 1.165) is 20.9 Å². The maximum absolute atomic E-state index is 13.4. The van der Waals surface area contributed by atoms with Crippen LogP contribution in [0.3, 0.4) is 0 Å². The number of carbonyl (C=O) groups excluding carboxylic acids is 1. The molecule has 0 spiro atoms. The van der Waals surface area contributed by atoms with E-state index in [1.54, 1.807) is 31.2 Å². The number of rotatable bonds is 9. The summed E-state index contributed by atoms with van der Waals surface area (Å²) in [5.41, 5.74) is 0.765. The molecule has 2 unspecified atom stereocenters. The lowest BCUT2D eigenvalue weighted by Crippen LogP contribution is -2.46. The molecule has 0 aliphatic rings. The van der Waals surface area contributed by atoms with E-state index in [9.17, 15) is 13.6 Å². The topological polar surface area (TPSA) is 56.6 Å². The Hall–Kier alpha value is -2.39. The normalized spacial score (nSPS) is 13.1. The lowest BCUT2D eigenvalue weighted by molar-refractivity contribution is -0.139. The molecule has 188 valence electrons. The van der Waals surface area contributed by atoms with Gasteiger partial charge in [-0.3, -0.25) is 14.3 Å². The first-order chi connectivity index (χ1) is 16.6. The van der Waals surface area contributed by atoms with Gasteiger partial charge in [0.2, 0.25) is 0 Å². The van der Waals surface area contributed by atoms with Crippen molar-refractivity contribution in [3.63, 3.8) is 0 Å². The quantitative estimate of drug-likeness (QED) is 0.266. The number of halogens is 5. The minimum absolute atomic E-state index is 0.239. The molecule has 6 nitrogen and oxygen atoms in total. The number of hydroxylamine groups is 2. The second-order valence-electron chi connectivity index (χ2n) is 7.80. The standard InChI is InChI=1S/C24H24Cl3F2N3O3/c1-5-20(13(2)32(34-4)24(33)17-12-31(3)30-21(17)23(28)29)35-22-18(26)10-15(11-19(22)27)14-6-8-16(25)9-7-14/h6-13,20,23H,5H2,1-4H3. The number of hydrogen-bond acceptors (Lipinski definition) is 4. The predicted molar refractivity (Wildman–Crippen MR) is 132 cm³/mol. The number of carbonyl (C=O) groups is 1. The number of aromatic nitrogens is 2. The SMILES string of the molecule is CCC(Oc1c(Cl)cc(-c2ccc(Cl)cc2)cc1Cl)C(C)N(OC)C(=O)c1cn(C)nc1C(F)F. The van der Waals surface area contributed by atoms with Crippen LogP contribution in [-0.2, 0) is 11.9 Å². The fourth-order valence-corrected chi connectivity index (χ4v) is 4.39. The summed E-state index contributed by atoms with van der Waals surface area (Å²) in [6.07, 6.45) is -1.87. The van der Waals surface area contributed by atoms with Gasteiger partial charge in [-0.2, -0.15) is 5.10 Å². The summed E-state index contributed by atoms with van der Waals surface area (Å²) in [6.45, 7) is 3.52. The summed E-state index contributed by atoms with van der Waals surface area (Å²) in [7, 11) is 2.74. The minimum Gasteiger partial charge on any atom is -0.485 e. The van der Waals surface area contributed by atoms with E-state index in [4.69, 9.17) is 44.4 Å². The fourth-order valence-electron chi connectivity index (χ4n) is 3.69. The zero-order valence-electron chi connectivity index (χ0n) is 19.4. The zero-order chi connectivity index (χ0) is 25.9. The molecule has 1 heterocycles. The Morgan fingerprint density at radius 1 is 1.11 bits per heavy atom. The smallest absolute Gasteiger partial charge is 0.282 e. The highest BCUT2D eigenvalue weighted by molar-refractivity contribution is 6.37. The summed E-state index contributed by atoms with van der Waals surface area (Å²) in [4.78, 5) is 18.4. The van der Waals surface area contributed by atoms with Crippen molar-refractivity contribution >= 4 is 40.7 Å². The van der Waals surface area contributed by atoms with Crippen LogP contribution in [0.15, 0.2) is 42.6 Å². The summed E-state index contributed by atoms with van der Waals surface area (Å²) in [5, 5.41) is 5.83. The number of ether oxygens (including phenoxy) is 1. The molecule has 3 rings (SSSR count). The van der Waals surface area contributed by atoms with Crippen molar-refractivity contribution in [1.29, 1.82) is 0 Å². The van der Waals surface area contributed by atoms with Crippen molar-refractivity contribution < 1.29 is 23.1 Å². The van der Waals surface area contributed by atoms with Crippen LogP contribution in [0.2, 0.25) is 15.1 Å². The van der Waals surface area contributed by atoms with Crippen molar-refractivity contribution in [2.75, 3.05) is 7.11 Å². The van der Waals surface area contributed by atoms with Gasteiger partial charge in [-0.1, -0.05) is 53.9 Å². The molecule has 0 saturated heterocycles. The van der Waals surface area contributed by atoms with Gasteiger partial charge in [0.1, 0.15) is 11.8 Å². The highest BCUT2D eigenvalue weighted by atomic mass is 35.5. The molecular weight excluding hydrogens is 523 g/mol. The average molecular weight is 547 g/mol. The van der Waals surface area contributed by atoms with Gasteiger partial charge >= 0.3 is 0 Å². The molecule has 0 radical (unpaired) electrons. The maximum Gasteiger partial charge on any atom is 0.282 e. The Kier molecular flexibility index (Phi) is 8.99. The van der Waals surface area contributed by atoms with Crippen LogP contribution in [0.4, 0.5) is 8.78 Å². The lowest BCUT2D eigenvalue weighted by Gasteiger charge is -2.32. The number of aryl methyl sites for hydroxylation is 1. The summed E-state index contributed by atoms with van der Waals surface area (Å²) >= 11 is 19.0. The molecule has 0 N–H and O–H groups in total. The van der Waals surface area contributed by atoms with Gasteiger partial charge in [0, 0.05) is 18.3 Å². The molecule has 1 amide bonds. The van der Waals surface area contributed by atoms with E-state index in [2.05, 4.69) is 5.10 Å². The van der Waals surface area contributed by atoms with Gasteiger partial charge < -0.3 is 4.74 Å². The molecule has 2 aromatic carbocycles. The summed E-state index contributed by atoms with van der Waals surface area (Å²) in [6, 6.07) is 9.95. The number of alkyl halides is 2. The molecule has 0 aliphatic carbocycles. The van der Waals surface area contributed by atoms with Crippen molar-refractivity contribution in [3.05, 3.63) is 68.9 Å². The third kappa shape index (κ3) is 6.06. The molecule has 3 aromatic rings. The minimum atomic E-state index is -2.92. The second kappa shape index (κ2) is 11.6.